The molecule has 0 spiro atoms. The van der Waals surface area contributed by atoms with Crippen molar-refractivity contribution in [2.45, 2.75) is 101 Å². The molecule has 0 aliphatic heterocycles. The minimum absolute atomic E-state index is 0.0286. The number of halogens is 4. The van der Waals surface area contributed by atoms with Crippen molar-refractivity contribution in [1.82, 2.24) is 20.1 Å². The summed E-state index contributed by atoms with van der Waals surface area (Å²) in [5.41, 5.74) is 0.224. The predicted molar refractivity (Wildman–Crippen MR) is 150 cm³/mol. The van der Waals surface area contributed by atoms with Gasteiger partial charge in [-0.3, -0.25) is 4.79 Å². The topological polar surface area (TPSA) is 85.0 Å². The average Bonchev–Trinajstić information content (AvgIpc) is 3.47. The second-order valence-electron chi connectivity index (χ2n) is 14.1. The molecule has 0 radical (unpaired) electrons. The Balaban J connectivity index is 1.14. The van der Waals surface area contributed by atoms with Crippen LogP contribution in [-0.4, -0.2) is 38.2 Å². The zero-order valence-corrected chi connectivity index (χ0v) is 24.4. The molecule has 7 nitrogen and oxygen atoms in total. The third-order valence-corrected chi connectivity index (χ3v) is 10.6. The molecule has 2 aromatic heterocycles. The molecule has 2 heterocycles. The Hall–Kier alpha value is -3.37. The van der Waals surface area contributed by atoms with Crippen LogP contribution < -0.4 is 4.90 Å². The Morgan fingerprint density at radius 3 is 2.19 bits per heavy atom. The summed E-state index contributed by atoms with van der Waals surface area (Å²) in [6, 6.07) is 7.26. The van der Waals surface area contributed by atoms with Crippen LogP contribution in [0.4, 0.5) is 23.2 Å². The van der Waals surface area contributed by atoms with Gasteiger partial charge in [-0.2, -0.15) is 18.2 Å². The van der Waals surface area contributed by atoms with E-state index in [9.17, 15) is 22.4 Å². The van der Waals surface area contributed by atoms with Crippen molar-refractivity contribution >= 4 is 11.6 Å². The number of aromatic nitrogens is 4. The molecule has 9 rings (SSSR count). The highest BCUT2D eigenvalue weighted by molar-refractivity contribution is 5.95. The lowest BCUT2D eigenvalue weighted by Gasteiger charge is -2.66. The highest BCUT2D eigenvalue weighted by Gasteiger charge is 2.69. The Morgan fingerprint density at radius 2 is 1.63 bits per heavy atom. The van der Waals surface area contributed by atoms with Gasteiger partial charge in [0.25, 0.3) is 0 Å². The van der Waals surface area contributed by atoms with Gasteiger partial charge in [0.2, 0.25) is 17.6 Å². The minimum atomic E-state index is -4.62. The smallest absolute Gasteiger partial charge is 0.339 e. The number of carbonyl (C=O) groups excluding carboxylic acids is 1. The molecule has 6 aliphatic carbocycles. The van der Waals surface area contributed by atoms with E-state index in [4.69, 9.17) is 9.51 Å². The van der Waals surface area contributed by atoms with Gasteiger partial charge >= 0.3 is 6.18 Å². The van der Waals surface area contributed by atoms with Crippen LogP contribution in [-0.2, 0) is 16.4 Å². The van der Waals surface area contributed by atoms with Crippen LogP contribution in [0.2, 0.25) is 0 Å². The van der Waals surface area contributed by atoms with E-state index in [2.05, 4.69) is 15.1 Å². The molecular formula is C32H35F4N5O2. The van der Waals surface area contributed by atoms with E-state index in [0.29, 0.717) is 54.9 Å². The Morgan fingerprint density at radius 1 is 0.977 bits per heavy atom. The van der Waals surface area contributed by atoms with Crippen LogP contribution in [0.5, 0.6) is 0 Å². The van der Waals surface area contributed by atoms with Crippen molar-refractivity contribution in [1.29, 1.82) is 0 Å². The van der Waals surface area contributed by atoms with Crippen molar-refractivity contribution in [3.63, 3.8) is 0 Å². The van der Waals surface area contributed by atoms with Crippen molar-refractivity contribution in [2.24, 2.45) is 10.8 Å². The molecule has 0 atom stereocenters. The van der Waals surface area contributed by atoms with Gasteiger partial charge in [-0.1, -0.05) is 31.1 Å². The molecular weight excluding hydrogens is 562 g/mol. The van der Waals surface area contributed by atoms with Crippen LogP contribution in [0.25, 0.3) is 11.1 Å². The monoisotopic (exact) mass is 597 g/mol. The molecule has 6 saturated carbocycles. The highest BCUT2D eigenvalue weighted by Crippen LogP contribution is 2.71. The molecule has 0 saturated heterocycles. The molecule has 0 N–H and O–H groups in total. The number of carbonyl (C=O) groups is 1. The number of anilines is 1. The number of rotatable bonds is 8. The van der Waals surface area contributed by atoms with Crippen LogP contribution in [0.1, 0.15) is 102 Å². The first-order valence-electron chi connectivity index (χ1n) is 15.1. The van der Waals surface area contributed by atoms with E-state index >= 15 is 0 Å². The summed E-state index contributed by atoms with van der Waals surface area (Å²) < 4.78 is 58.9. The van der Waals surface area contributed by atoms with E-state index in [1.807, 2.05) is 30.9 Å². The maximum absolute atomic E-state index is 14.3. The van der Waals surface area contributed by atoms with Gasteiger partial charge in [0.05, 0.1) is 0 Å². The summed E-state index contributed by atoms with van der Waals surface area (Å²) in [4.78, 5) is 27.6. The summed E-state index contributed by atoms with van der Waals surface area (Å²) in [7, 11) is 0. The average molecular weight is 598 g/mol. The lowest BCUT2D eigenvalue weighted by Crippen LogP contribution is -2.65. The first-order chi connectivity index (χ1) is 20.3. The summed E-state index contributed by atoms with van der Waals surface area (Å²) in [6.07, 6.45) is 4.86. The summed E-state index contributed by atoms with van der Waals surface area (Å²) in [5, 5.41) is 4.36. The maximum atomic E-state index is 14.3. The second-order valence-corrected chi connectivity index (χ2v) is 14.1. The van der Waals surface area contributed by atoms with Gasteiger partial charge < -0.3 is 9.42 Å². The molecule has 0 unspecified atom stereocenters. The highest BCUT2D eigenvalue weighted by atomic mass is 19.4. The van der Waals surface area contributed by atoms with Gasteiger partial charge in [-0.25, -0.2) is 14.4 Å². The van der Waals surface area contributed by atoms with Crippen LogP contribution >= 0.6 is 0 Å². The standard InChI is InChI=1S/C32H35F4N5O2/c1-20(2)25-39-26(40-43-25)30-9-6-28(7-10-30,8-11-30)19-41(24(42)13-29-16-31(33,17-29)18-29)23-5-3-4-21(12-23)22-14-37-27(38-15-22)32(34,35)36/h3-5,12,14-15,20H,6-11,13,16-19H2,1-2H3. The zero-order chi connectivity index (χ0) is 30.3. The van der Waals surface area contributed by atoms with Crippen molar-refractivity contribution < 1.29 is 26.9 Å². The lowest BCUT2D eigenvalue weighted by molar-refractivity contribution is -0.215. The van der Waals surface area contributed by atoms with E-state index in [1.165, 1.54) is 0 Å². The Kier molecular flexibility index (Phi) is 6.32. The second kappa shape index (κ2) is 9.56. The van der Waals surface area contributed by atoms with Crippen molar-refractivity contribution in [3.05, 3.63) is 54.2 Å². The van der Waals surface area contributed by atoms with Crippen LogP contribution in [0.3, 0.4) is 0 Å². The van der Waals surface area contributed by atoms with E-state index < -0.39 is 17.7 Å². The number of fused-ring (bicyclic) bond motifs is 3. The van der Waals surface area contributed by atoms with E-state index in [-0.39, 0.29) is 28.1 Å². The summed E-state index contributed by atoms with van der Waals surface area (Å²) >= 11 is 0. The first kappa shape index (κ1) is 28.4. The Bertz CT molecular complexity index is 1510. The molecule has 6 aliphatic rings. The van der Waals surface area contributed by atoms with E-state index in [0.717, 1.165) is 56.7 Å². The van der Waals surface area contributed by atoms with Gasteiger partial charge in [0.15, 0.2) is 5.82 Å². The molecule has 1 amide bonds. The molecule has 43 heavy (non-hydrogen) atoms. The fourth-order valence-corrected chi connectivity index (χ4v) is 8.12. The predicted octanol–water partition coefficient (Wildman–Crippen LogP) is 7.58. The normalized spacial score (nSPS) is 31.0. The first-order valence-corrected chi connectivity index (χ1v) is 15.1. The third-order valence-electron chi connectivity index (χ3n) is 10.6. The third kappa shape index (κ3) is 4.92. The molecule has 4 bridgehead atoms. The lowest BCUT2D eigenvalue weighted by atomic mass is 9.41. The fraction of sp³-hybridized carbons (Fsp3) is 0.594. The van der Waals surface area contributed by atoms with Crippen molar-refractivity contribution in [2.75, 3.05) is 11.4 Å². The van der Waals surface area contributed by atoms with Gasteiger partial charge in [0.1, 0.15) is 5.67 Å². The van der Waals surface area contributed by atoms with Gasteiger partial charge in [-0.15, -0.1) is 0 Å². The Labute approximate surface area is 247 Å². The summed E-state index contributed by atoms with van der Waals surface area (Å²) in [6.45, 7) is 4.61. The SMILES string of the molecule is CC(C)c1nc(C23CCC(CN(C(=O)CC45CC(F)(C4)C5)c4cccc(-c5cnc(C(F)(F)F)nc5)c4)(CC2)CC3)no1. The van der Waals surface area contributed by atoms with Crippen LogP contribution in [0.15, 0.2) is 41.2 Å². The fourth-order valence-electron chi connectivity index (χ4n) is 8.12. The zero-order valence-electron chi connectivity index (χ0n) is 24.4. The largest absolute Gasteiger partial charge is 0.451 e. The number of amides is 1. The van der Waals surface area contributed by atoms with Crippen LogP contribution in [0, 0.1) is 10.8 Å². The van der Waals surface area contributed by atoms with Crippen molar-refractivity contribution in [3.8, 4) is 11.1 Å². The molecule has 6 fully saturated rings. The minimum Gasteiger partial charge on any atom is -0.339 e. The molecule has 11 heteroatoms. The maximum Gasteiger partial charge on any atom is 0.451 e. The van der Waals surface area contributed by atoms with E-state index in [1.54, 1.807) is 12.1 Å². The van der Waals surface area contributed by atoms with Gasteiger partial charge in [-0.05, 0) is 86.3 Å². The van der Waals surface area contributed by atoms with Gasteiger partial charge in [0, 0.05) is 47.9 Å². The number of nitrogens with zero attached hydrogens (tertiary/aromatic N) is 5. The quantitative estimate of drug-likeness (QED) is 0.249. The number of benzene rings is 1. The molecule has 1 aromatic carbocycles. The number of alkyl halides is 4. The number of hydrogen-bond donors (Lipinski definition) is 0. The molecule has 3 aromatic rings. The summed E-state index contributed by atoms with van der Waals surface area (Å²) in [5.74, 6) is 0.401. The molecule has 228 valence electrons. The number of hydrogen-bond acceptors (Lipinski definition) is 6.